The number of fused-ring (bicyclic) bond motifs is 2. The van der Waals surface area contributed by atoms with Gasteiger partial charge in [-0.15, -0.1) is 0 Å². The van der Waals surface area contributed by atoms with E-state index in [9.17, 15) is 35.9 Å². The maximum Gasteiger partial charge on any atom is 0.390 e. The molecule has 5 aromatic heterocycles. The van der Waals surface area contributed by atoms with Crippen LogP contribution in [0.3, 0.4) is 0 Å². The lowest BCUT2D eigenvalue weighted by molar-refractivity contribution is -0.132. The van der Waals surface area contributed by atoms with Gasteiger partial charge in [0.2, 0.25) is 0 Å². The molecule has 2 N–H and O–H groups in total. The van der Waals surface area contributed by atoms with Crippen molar-refractivity contribution in [3.05, 3.63) is 89.5 Å². The summed E-state index contributed by atoms with van der Waals surface area (Å²) in [5, 5.41) is 18.8. The van der Waals surface area contributed by atoms with Crippen molar-refractivity contribution >= 4 is 45.8 Å². The number of rotatable bonds is 17. The number of aryl methyl sites for hydroxylation is 1. The van der Waals surface area contributed by atoms with Crippen LogP contribution in [-0.4, -0.2) is 90.2 Å². The summed E-state index contributed by atoms with van der Waals surface area (Å²) in [6, 6.07) is 15.3. The number of ketones is 2. The van der Waals surface area contributed by atoms with E-state index < -0.39 is 25.2 Å². The molecule has 0 radical (unpaired) electrons. The van der Waals surface area contributed by atoms with E-state index in [-0.39, 0.29) is 29.8 Å². The summed E-state index contributed by atoms with van der Waals surface area (Å²) in [6.45, 7) is -0.625. The van der Waals surface area contributed by atoms with Crippen molar-refractivity contribution in [2.45, 2.75) is 63.7 Å². The molecule has 14 nitrogen and oxygen atoms in total. The van der Waals surface area contributed by atoms with Gasteiger partial charge in [0.25, 0.3) is 0 Å². The molecule has 2 fully saturated rings. The van der Waals surface area contributed by atoms with Crippen LogP contribution in [0.15, 0.2) is 73.2 Å². The van der Waals surface area contributed by atoms with E-state index in [0.29, 0.717) is 104 Å². The minimum Gasteiger partial charge on any atom is -0.496 e. The van der Waals surface area contributed by atoms with Gasteiger partial charge in [0.05, 0.1) is 67.9 Å². The SMILES string of the molecule is COc1cc(C(=O)CC2CC2)ccc1-c1cnc2c(NCCC(F)(F)F)cc(-c3ccnn3C)nn12.COc1cc(C(=O)CC2CC2)ccc1-c1cnc2c(NCCC(F)(F)F)cc(Cl)nn12. The highest BCUT2D eigenvalue weighted by Gasteiger charge is 2.29. The van der Waals surface area contributed by atoms with Gasteiger partial charge >= 0.3 is 12.4 Å². The molecule has 5 heterocycles. The van der Waals surface area contributed by atoms with Crippen molar-refractivity contribution in [3.8, 4) is 45.4 Å². The lowest BCUT2D eigenvalue weighted by atomic mass is 10.0. The lowest BCUT2D eigenvalue weighted by Crippen LogP contribution is -2.15. The quantitative estimate of drug-likeness (QED) is 0.0662. The molecule has 0 saturated heterocycles. The molecule has 7 aromatic rings. The van der Waals surface area contributed by atoms with Crippen LogP contribution in [-0.2, 0) is 7.05 Å². The number of hydrogen-bond acceptors (Lipinski definition) is 11. The van der Waals surface area contributed by atoms with Crippen molar-refractivity contribution < 1.29 is 45.4 Å². The van der Waals surface area contributed by atoms with Gasteiger partial charge in [-0.25, -0.2) is 19.0 Å². The van der Waals surface area contributed by atoms with Crippen molar-refractivity contribution in [3.63, 3.8) is 0 Å². The number of methoxy groups -OCH3 is 2. The summed E-state index contributed by atoms with van der Waals surface area (Å²) < 4.78 is 91.5. The molecule has 2 saturated carbocycles. The van der Waals surface area contributed by atoms with Crippen LogP contribution in [0.25, 0.3) is 45.2 Å². The number of carbonyl (C=O) groups excluding carboxylic acids is 2. The average Bonchev–Trinajstić information content (AvgIpc) is 4.15. The van der Waals surface area contributed by atoms with Crippen molar-refractivity contribution in [1.29, 1.82) is 0 Å². The third-order valence-corrected chi connectivity index (χ3v) is 11.6. The lowest BCUT2D eigenvalue weighted by Gasteiger charge is -2.13. The standard InChI is InChI=1S/C25H25F3N6O2.C21H20ClF3N4O2/c1-33-20(7-9-31-33)18-13-19(29-10-8-25(26,27)28)24-30-14-21(34(24)32-18)17-6-5-16(12-23(17)36-2)22(35)11-15-3-4-15;1-31-18-9-13(17(30)8-12-2-3-12)4-5-14(18)16-11-27-20-15(10-19(22)28-29(16)20)26-7-6-21(23,24)25/h5-7,9,12-15,29H,3-4,8,10-11H2,1-2H3;4-5,9-12,26H,2-3,6-8H2,1H3. The highest BCUT2D eigenvalue weighted by Crippen LogP contribution is 2.39. The Balaban J connectivity index is 0.000000184. The predicted molar refractivity (Wildman–Crippen MR) is 239 cm³/mol. The summed E-state index contributed by atoms with van der Waals surface area (Å²) in [5.74, 6) is 2.05. The largest absolute Gasteiger partial charge is 0.496 e. The van der Waals surface area contributed by atoms with Gasteiger partial charge in [0.1, 0.15) is 17.2 Å². The van der Waals surface area contributed by atoms with Crippen LogP contribution < -0.4 is 20.1 Å². The molecule has 9 rings (SSSR count). The monoisotopic (exact) mass is 950 g/mol. The first-order valence-electron chi connectivity index (χ1n) is 21.4. The van der Waals surface area contributed by atoms with Gasteiger partial charge < -0.3 is 20.1 Å². The minimum absolute atomic E-state index is 0.0720. The third kappa shape index (κ3) is 11.3. The second-order valence-electron chi connectivity index (χ2n) is 16.5. The molecule has 67 heavy (non-hydrogen) atoms. The van der Waals surface area contributed by atoms with Crippen molar-refractivity contribution in [1.82, 2.24) is 39.0 Å². The summed E-state index contributed by atoms with van der Waals surface area (Å²) in [4.78, 5) is 33.8. The zero-order valence-corrected chi connectivity index (χ0v) is 37.3. The number of ether oxygens (including phenoxy) is 2. The maximum atomic E-state index is 12.8. The molecule has 0 spiro atoms. The molecular weight excluding hydrogens is 906 g/mol. The van der Waals surface area contributed by atoms with Gasteiger partial charge in [0, 0.05) is 67.5 Å². The molecule has 2 aliphatic rings. The Morgan fingerprint density at radius 2 is 1.16 bits per heavy atom. The first-order valence-corrected chi connectivity index (χ1v) is 21.8. The molecule has 352 valence electrons. The smallest absolute Gasteiger partial charge is 0.390 e. The van der Waals surface area contributed by atoms with Crippen LogP contribution in [0.5, 0.6) is 11.5 Å². The Labute approximate surface area is 384 Å². The predicted octanol–water partition coefficient (Wildman–Crippen LogP) is 10.6. The fourth-order valence-corrected chi connectivity index (χ4v) is 7.70. The molecule has 0 bridgehead atoms. The number of anilines is 2. The Morgan fingerprint density at radius 1 is 0.687 bits per heavy atom. The molecule has 2 aromatic carbocycles. The Hall–Kier alpha value is -6.70. The van der Waals surface area contributed by atoms with Crippen LogP contribution in [0.4, 0.5) is 37.7 Å². The van der Waals surface area contributed by atoms with E-state index in [1.165, 1.54) is 31.0 Å². The number of benzene rings is 2. The number of nitrogens with zero attached hydrogens (tertiary/aromatic N) is 8. The van der Waals surface area contributed by atoms with Gasteiger partial charge in [0.15, 0.2) is 28.0 Å². The van der Waals surface area contributed by atoms with Gasteiger partial charge in [-0.1, -0.05) is 23.7 Å². The fraction of sp³-hybridized carbons (Fsp3) is 0.370. The Morgan fingerprint density at radius 3 is 1.60 bits per heavy atom. The Bertz CT molecular complexity index is 2940. The molecule has 2 aliphatic carbocycles. The van der Waals surface area contributed by atoms with E-state index in [2.05, 4.69) is 30.8 Å². The Kier molecular flexibility index (Phi) is 13.5. The molecular formula is C46H45ClF6N10O4. The normalized spacial score (nSPS) is 13.9. The second-order valence-corrected chi connectivity index (χ2v) is 16.9. The topological polar surface area (TPSA) is 155 Å². The minimum atomic E-state index is -4.28. The summed E-state index contributed by atoms with van der Waals surface area (Å²) in [5.41, 5.74) is 6.19. The highest BCUT2D eigenvalue weighted by molar-refractivity contribution is 6.29. The number of hydrogen-bond donors (Lipinski definition) is 2. The fourth-order valence-electron chi connectivity index (χ4n) is 7.52. The number of imidazole rings is 2. The molecule has 0 amide bonds. The second kappa shape index (κ2) is 19.3. The molecule has 21 heteroatoms. The molecule has 0 aliphatic heterocycles. The summed E-state index contributed by atoms with van der Waals surface area (Å²) >= 11 is 6.11. The van der Waals surface area contributed by atoms with E-state index in [0.717, 1.165) is 25.7 Å². The van der Waals surface area contributed by atoms with E-state index in [4.69, 9.17) is 26.2 Å². The number of carbonyl (C=O) groups is 2. The third-order valence-electron chi connectivity index (χ3n) is 11.4. The van der Waals surface area contributed by atoms with Crippen molar-refractivity contribution in [2.75, 3.05) is 37.9 Å². The van der Waals surface area contributed by atoms with Crippen LogP contribution >= 0.6 is 11.6 Å². The molecule has 0 atom stereocenters. The van der Waals surface area contributed by atoms with Crippen LogP contribution in [0.2, 0.25) is 5.15 Å². The number of nitrogens with one attached hydrogen (secondary N) is 2. The maximum absolute atomic E-state index is 12.8. The van der Waals surface area contributed by atoms with E-state index in [1.54, 1.807) is 77.2 Å². The average molecular weight is 951 g/mol. The van der Waals surface area contributed by atoms with Gasteiger partial charge in [-0.3, -0.25) is 14.3 Å². The first kappa shape index (κ1) is 46.8. The van der Waals surface area contributed by atoms with Crippen LogP contribution in [0, 0.1) is 11.8 Å². The number of aromatic nitrogens is 8. The highest BCUT2D eigenvalue weighted by atomic mass is 35.5. The van der Waals surface area contributed by atoms with E-state index in [1.807, 2.05) is 0 Å². The van der Waals surface area contributed by atoms with Crippen molar-refractivity contribution in [2.24, 2.45) is 18.9 Å². The van der Waals surface area contributed by atoms with Gasteiger partial charge in [-0.2, -0.15) is 41.6 Å². The van der Waals surface area contributed by atoms with Crippen LogP contribution in [0.1, 0.15) is 72.1 Å². The van der Waals surface area contributed by atoms with Gasteiger partial charge in [-0.05, 0) is 73.9 Å². The zero-order valence-electron chi connectivity index (χ0n) is 36.5. The van der Waals surface area contributed by atoms with E-state index >= 15 is 0 Å². The zero-order chi connectivity index (χ0) is 47.6. The summed E-state index contributed by atoms with van der Waals surface area (Å²) in [6.07, 6.45) is -0.360. The number of alkyl halides is 6. The number of Topliss-reactive ketones (excluding diaryl/α,β-unsaturated/α-hetero) is 2. The molecule has 0 unspecified atom stereocenters. The number of halogens is 7. The first-order chi connectivity index (χ1) is 32.0. The summed E-state index contributed by atoms with van der Waals surface area (Å²) in [7, 11) is 4.78.